The van der Waals surface area contributed by atoms with Crippen molar-refractivity contribution in [2.24, 2.45) is 0 Å². The van der Waals surface area contributed by atoms with Gasteiger partial charge in [0.1, 0.15) is 5.69 Å². The third-order valence-corrected chi connectivity index (χ3v) is 4.45. The molecule has 3 rings (SSSR count). The first-order valence-electron chi connectivity index (χ1n) is 8.41. The van der Waals surface area contributed by atoms with Crippen LogP contribution in [0.1, 0.15) is 5.76 Å². The van der Waals surface area contributed by atoms with Crippen LogP contribution in [-0.4, -0.2) is 86.8 Å². The van der Waals surface area contributed by atoms with Gasteiger partial charge in [-0.1, -0.05) is 5.16 Å². The van der Waals surface area contributed by atoms with Crippen molar-refractivity contribution >= 4 is 0 Å². The SMILES string of the molecule is OCC(CO)N1CCN(Cc2cc(-c3cccnc3)no2)C[C@@H](O)C1. The van der Waals surface area contributed by atoms with Crippen LogP contribution in [0.4, 0.5) is 0 Å². The Kier molecular flexibility index (Phi) is 6.11. The number of rotatable bonds is 6. The summed E-state index contributed by atoms with van der Waals surface area (Å²) in [5, 5.41) is 33.0. The Morgan fingerprint density at radius 1 is 1.24 bits per heavy atom. The highest BCUT2D eigenvalue weighted by molar-refractivity contribution is 5.57. The molecule has 1 saturated heterocycles. The van der Waals surface area contributed by atoms with Crippen molar-refractivity contribution in [1.82, 2.24) is 19.9 Å². The smallest absolute Gasteiger partial charge is 0.151 e. The van der Waals surface area contributed by atoms with Crippen molar-refractivity contribution in [2.75, 3.05) is 39.4 Å². The second-order valence-corrected chi connectivity index (χ2v) is 6.32. The fraction of sp³-hybridized carbons (Fsp3) is 0.529. The maximum Gasteiger partial charge on any atom is 0.151 e. The fourth-order valence-electron chi connectivity index (χ4n) is 3.10. The summed E-state index contributed by atoms with van der Waals surface area (Å²) in [4.78, 5) is 8.09. The lowest BCUT2D eigenvalue weighted by molar-refractivity contribution is 0.0470. The summed E-state index contributed by atoms with van der Waals surface area (Å²) in [6, 6.07) is 5.32. The average molecular weight is 348 g/mol. The molecule has 1 atom stereocenters. The summed E-state index contributed by atoms with van der Waals surface area (Å²) in [5.74, 6) is 0.723. The summed E-state index contributed by atoms with van der Waals surface area (Å²) in [7, 11) is 0. The lowest BCUT2D eigenvalue weighted by Gasteiger charge is -2.28. The number of aliphatic hydroxyl groups excluding tert-OH is 3. The molecular weight excluding hydrogens is 324 g/mol. The minimum absolute atomic E-state index is 0.125. The van der Waals surface area contributed by atoms with Crippen LogP contribution in [-0.2, 0) is 6.54 Å². The van der Waals surface area contributed by atoms with Gasteiger partial charge in [0.15, 0.2) is 5.76 Å². The Morgan fingerprint density at radius 3 is 2.80 bits per heavy atom. The van der Waals surface area contributed by atoms with E-state index >= 15 is 0 Å². The summed E-state index contributed by atoms with van der Waals surface area (Å²) < 4.78 is 5.42. The number of aliphatic hydroxyl groups is 3. The molecule has 1 aliphatic heterocycles. The predicted octanol–water partition coefficient (Wildman–Crippen LogP) is -0.432. The molecule has 3 N–H and O–H groups in total. The van der Waals surface area contributed by atoms with Crippen LogP contribution >= 0.6 is 0 Å². The number of pyridine rings is 1. The second-order valence-electron chi connectivity index (χ2n) is 6.32. The van der Waals surface area contributed by atoms with Gasteiger partial charge in [-0.05, 0) is 12.1 Å². The molecule has 1 aliphatic rings. The highest BCUT2D eigenvalue weighted by atomic mass is 16.5. The maximum absolute atomic E-state index is 10.2. The van der Waals surface area contributed by atoms with Crippen molar-refractivity contribution < 1.29 is 19.8 Å². The molecule has 2 aromatic rings. The monoisotopic (exact) mass is 348 g/mol. The van der Waals surface area contributed by atoms with E-state index in [2.05, 4.69) is 15.0 Å². The van der Waals surface area contributed by atoms with Gasteiger partial charge in [0.25, 0.3) is 0 Å². The van der Waals surface area contributed by atoms with Crippen molar-refractivity contribution in [1.29, 1.82) is 0 Å². The van der Waals surface area contributed by atoms with Crippen molar-refractivity contribution in [3.05, 3.63) is 36.4 Å². The van der Waals surface area contributed by atoms with E-state index < -0.39 is 6.10 Å². The number of nitrogens with zero attached hydrogens (tertiary/aromatic N) is 4. The van der Waals surface area contributed by atoms with Gasteiger partial charge in [-0.2, -0.15) is 0 Å². The second kappa shape index (κ2) is 8.50. The van der Waals surface area contributed by atoms with Crippen LogP contribution in [0.2, 0.25) is 0 Å². The van der Waals surface area contributed by atoms with Crippen LogP contribution in [0.3, 0.4) is 0 Å². The fourth-order valence-corrected chi connectivity index (χ4v) is 3.10. The topological polar surface area (TPSA) is 106 Å². The molecule has 0 aromatic carbocycles. The predicted molar refractivity (Wildman–Crippen MR) is 90.6 cm³/mol. The molecule has 0 unspecified atom stereocenters. The summed E-state index contributed by atoms with van der Waals surface area (Å²) in [6.45, 7) is 2.59. The van der Waals surface area contributed by atoms with Gasteiger partial charge in [-0.25, -0.2) is 0 Å². The zero-order valence-electron chi connectivity index (χ0n) is 14.0. The van der Waals surface area contributed by atoms with Crippen LogP contribution in [0.5, 0.6) is 0 Å². The Hall–Kier alpha value is -1.84. The molecule has 8 heteroatoms. The maximum atomic E-state index is 10.2. The molecule has 0 bridgehead atoms. The van der Waals surface area contributed by atoms with E-state index in [0.29, 0.717) is 32.7 Å². The number of β-amino-alcohol motifs (C(OH)–C–C–N with tert-alkyl or cyclic N) is 1. The number of hydrogen-bond donors (Lipinski definition) is 3. The van der Waals surface area contributed by atoms with Gasteiger partial charge in [0.2, 0.25) is 0 Å². The average Bonchev–Trinajstić information content (AvgIpc) is 3.01. The summed E-state index contributed by atoms with van der Waals surface area (Å²) in [6.07, 6.45) is 2.89. The summed E-state index contributed by atoms with van der Waals surface area (Å²) in [5.41, 5.74) is 1.63. The molecular formula is C17H24N4O4. The minimum atomic E-state index is -0.552. The van der Waals surface area contributed by atoms with Gasteiger partial charge >= 0.3 is 0 Å². The van der Waals surface area contributed by atoms with E-state index in [9.17, 15) is 15.3 Å². The molecule has 0 amide bonds. The van der Waals surface area contributed by atoms with Gasteiger partial charge in [0.05, 0.1) is 31.9 Å². The van der Waals surface area contributed by atoms with Gasteiger partial charge < -0.3 is 19.8 Å². The number of aromatic nitrogens is 2. The Balaban J connectivity index is 1.62. The highest BCUT2D eigenvalue weighted by Crippen LogP contribution is 2.19. The molecule has 25 heavy (non-hydrogen) atoms. The Bertz CT molecular complexity index is 647. The van der Waals surface area contributed by atoms with Crippen LogP contribution in [0, 0.1) is 0 Å². The Labute approximate surface area is 146 Å². The molecule has 0 radical (unpaired) electrons. The van der Waals surface area contributed by atoms with Gasteiger partial charge in [-0.3, -0.25) is 14.8 Å². The Morgan fingerprint density at radius 2 is 2.08 bits per heavy atom. The third kappa shape index (κ3) is 4.62. The molecule has 3 heterocycles. The minimum Gasteiger partial charge on any atom is -0.395 e. The third-order valence-electron chi connectivity index (χ3n) is 4.45. The lowest BCUT2D eigenvalue weighted by Crippen LogP contribution is -2.44. The van der Waals surface area contributed by atoms with Crippen molar-refractivity contribution in [3.63, 3.8) is 0 Å². The van der Waals surface area contributed by atoms with E-state index in [1.807, 2.05) is 23.1 Å². The largest absolute Gasteiger partial charge is 0.395 e. The zero-order valence-corrected chi connectivity index (χ0v) is 14.0. The molecule has 2 aromatic heterocycles. The van der Waals surface area contributed by atoms with Gasteiger partial charge in [0, 0.05) is 50.2 Å². The molecule has 0 spiro atoms. The van der Waals surface area contributed by atoms with Crippen LogP contribution in [0.25, 0.3) is 11.3 Å². The van der Waals surface area contributed by atoms with E-state index in [1.165, 1.54) is 0 Å². The van der Waals surface area contributed by atoms with Crippen molar-refractivity contribution in [2.45, 2.75) is 18.7 Å². The molecule has 0 aliphatic carbocycles. The van der Waals surface area contributed by atoms with Crippen molar-refractivity contribution in [3.8, 4) is 11.3 Å². The van der Waals surface area contributed by atoms with Crippen LogP contribution in [0.15, 0.2) is 35.1 Å². The van der Waals surface area contributed by atoms with E-state index in [-0.39, 0.29) is 19.3 Å². The molecule has 136 valence electrons. The zero-order chi connectivity index (χ0) is 17.6. The molecule has 1 fully saturated rings. The normalized spacial score (nSPS) is 20.1. The first-order valence-corrected chi connectivity index (χ1v) is 8.41. The van der Waals surface area contributed by atoms with E-state index in [1.54, 1.807) is 12.4 Å². The molecule has 8 nitrogen and oxygen atoms in total. The highest BCUT2D eigenvalue weighted by Gasteiger charge is 2.26. The quantitative estimate of drug-likeness (QED) is 0.646. The first kappa shape index (κ1) is 18.0. The first-order chi connectivity index (χ1) is 12.2. The van der Waals surface area contributed by atoms with E-state index in [0.717, 1.165) is 17.0 Å². The summed E-state index contributed by atoms with van der Waals surface area (Å²) >= 11 is 0. The molecule has 0 saturated carbocycles. The van der Waals surface area contributed by atoms with Crippen LogP contribution < -0.4 is 0 Å². The van der Waals surface area contributed by atoms with Gasteiger partial charge in [-0.15, -0.1) is 0 Å². The van der Waals surface area contributed by atoms with E-state index in [4.69, 9.17) is 4.52 Å². The lowest BCUT2D eigenvalue weighted by atomic mass is 10.2. The number of hydrogen-bond acceptors (Lipinski definition) is 8. The standard InChI is InChI=1S/C17H24N4O4/c22-11-14(12-23)21-5-4-20(8-15(24)9-21)10-16-6-17(19-25-16)13-2-1-3-18-7-13/h1-3,6-7,14-15,22-24H,4-5,8-12H2/t15-/m1/s1.